The standard InChI is InChI=1S/C23H24N2O3/c1-4-13-8-16-17(9-15(13)19(27)11-26)23(2,3)22-20(21(16)28)14-6-5-12(10-24)7-18(14)25-22/h5-9,19-20,22,25-27H,4,11H2,1-3H3/t19-,20?,22?/m0/s1. The van der Waals surface area contributed by atoms with Crippen molar-refractivity contribution in [2.75, 3.05) is 11.9 Å². The maximum absolute atomic E-state index is 13.5. The van der Waals surface area contributed by atoms with Gasteiger partial charge in [-0.2, -0.15) is 5.26 Å². The van der Waals surface area contributed by atoms with Crippen LogP contribution < -0.4 is 5.32 Å². The molecule has 0 amide bonds. The van der Waals surface area contributed by atoms with Crippen molar-refractivity contribution >= 4 is 11.5 Å². The summed E-state index contributed by atoms with van der Waals surface area (Å²) in [6.45, 7) is 5.82. The van der Waals surface area contributed by atoms with Crippen molar-refractivity contribution in [2.24, 2.45) is 0 Å². The van der Waals surface area contributed by atoms with Gasteiger partial charge in [-0.15, -0.1) is 0 Å². The van der Waals surface area contributed by atoms with Crippen LogP contribution in [-0.2, 0) is 11.8 Å². The minimum Gasteiger partial charge on any atom is -0.393 e. The van der Waals surface area contributed by atoms with Gasteiger partial charge in [0.25, 0.3) is 0 Å². The normalized spacial score (nSPS) is 22.5. The van der Waals surface area contributed by atoms with E-state index in [0.717, 1.165) is 22.4 Å². The summed E-state index contributed by atoms with van der Waals surface area (Å²) in [5, 5.41) is 32.4. The Bertz CT molecular complexity index is 1020. The molecule has 2 aromatic carbocycles. The molecule has 0 spiro atoms. The highest BCUT2D eigenvalue weighted by Crippen LogP contribution is 2.51. The molecule has 1 aliphatic heterocycles. The molecule has 0 radical (unpaired) electrons. The molecule has 3 atom stereocenters. The van der Waals surface area contributed by atoms with Crippen LogP contribution in [-0.4, -0.2) is 28.6 Å². The maximum atomic E-state index is 13.5. The Kier molecular flexibility index (Phi) is 4.29. The summed E-state index contributed by atoms with van der Waals surface area (Å²) in [6.07, 6.45) is -0.294. The van der Waals surface area contributed by atoms with Gasteiger partial charge in [0, 0.05) is 22.7 Å². The number of hydrogen-bond acceptors (Lipinski definition) is 5. The van der Waals surface area contributed by atoms with E-state index in [0.29, 0.717) is 23.1 Å². The number of hydrogen-bond donors (Lipinski definition) is 3. The molecule has 0 bridgehead atoms. The number of aliphatic hydroxyl groups is 2. The van der Waals surface area contributed by atoms with Crippen molar-refractivity contribution in [3.05, 3.63) is 63.7 Å². The summed E-state index contributed by atoms with van der Waals surface area (Å²) in [7, 11) is 0. The van der Waals surface area contributed by atoms with E-state index in [9.17, 15) is 20.3 Å². The zero-order chi connectivity index (χ0) is 20.2. The number of nitriles is 1. The van der Waals surface area contributed by atoms with E-state index in [4.69, 9.17) is 0 Å². The lowest BCUT2D eigenvalue weighted by atomic mass is 9.63. The van der Waals surface area contributed by atoms with E-state index < -0.39 is 6.10 Å². The molecule has 5 nitrogen and oxygen atoms in total. The van der Waals surface area contributed by atoms with E-state index in [1.165, 1.54) is 0 Å². The molecule has 0 saturated heterocycles. The molecule has 3 N–H and O–H groups in total. The number of carbonyl (C=O) groups is 1. The number of carbonyl (C=O) groups excluding carboxylic acids is 1. The van der Waals surface area contributed by atoms with Gasteiger partial charge in [0.1, 0.15) is 6.10 Å². The van der Waals surface area contributed by atoms with Gasteiger partial charge in [-0.3, -0.25) is 4.79 Å². The fraction of sp³-hybridized carbons (Fsp3) is 0.391. The van der Waals surface area contributed by atoms with E-state index in [-0.39, 0.29) is 29.8 Å². The van der Waals surface area contributed by atoms with E-state index in [1.807, 2.05) is 25.1 Å². The average molecular weight is 376 g/mol. The van der Waals surface area contributed by atoms with Crippen molar-refractivity contribution in [2.45, 2.75) is 50.7 Å². The summed E-state index contributed by atoms with van der Waals surface area (Å²) in [6, 6.07) is 11.3. The lowest BCUT2D eigenvalue weighted by molar-refractivity contribution is 0.0911. The van der Waals surface area contributed by atoms with Gasteiger partial charge in [-0.1, -0.05) is 32.9 Å². The molecule has 2 aliphatic rings. The first-order valence-corrected chi connectivity index (χ1v) is 9.64. The van der Waals surface area contributed by atoms with Gasteiger partial charge in [-0.05, 0) is 46.9 Å². The fourth-order valence-electron chi connectivity index (χ4n) is 4.79. The number of aryl methyl sites for hydroxylation is 1. The number of nitrogens with one attached hydrogen (secondary N) is 1. The van der Waals surface area contributed by atoms with Crippen LogP contribution in [0.5, 0.6) is 0 Å². The van der Waals surface area contributed by atoms with Crippen LogP contribution in [0.25, 0.3) is 0 Å². The Labute approximate surface area is 164 Å². The van der Waals surface area contributed by atoms with Crippen LogP contribution in [0.15, 0.2) is 30.3 Å². The van der Waals surface area contributed by atoms with Crippen LogP contribution >= 0.6 is 0 Å². The first-order chi connectivity index (χ1) is 13.3. The fourth-order valence-corrected chi connectivity index (χ4v) is 4.79. The highest BCUT2D eigenvalue weighted by atomic mass is 16.3. The SMILES string of the molecule is CCc1cc2c(cc1[C@@H](O)CO)C(C)(C)C1Nc3cc(C#N)ccc3C1C2=O. The highest BCUT2D eigenvalue weighted by molar-refractivity contribution is 6.07. The van der Waals surface area contributed by atoms with E-state index >= 15 is 0 Å². The second-order valence-corrected chi connectivity index (χ2v) is 8.25. The summed E-state index contributed by atoms with van der Waals surface area (Å²) >= 11 is 0. The number of benzene rings is 2. The van der Waals surface area contributed by atoms with Gasteiger partial charge in [0.15, 0.2) is 5.78 Å². The summed E-state index contributed by atoms with van der Waals surface area (Å²) in [4.78, 5) is 13.5. The van der Waals surface area contributed by atoms with Crippen LogP contribution in [0.3, 0.4) is 0 Å². The lowest BCUT2D eigenvalue weighted by Gasteiger charge is -2.42. The Morgan fingerprint density at radius 1 is 1.29 bits per heavy atom. The van der Waals surface area contributed by atoms with Gasteiger partial charge in [-0.25, -0.2) is 0 Å². The third-order valence-corrected chi connectivity index (χ3v) is 6.37. The Morgan fingerprint density at radius 2 is 2.04 bits per heavy atom. The second kappa shape index (κ2) is 6.44. The molecular weight excluding hydrogens is 352 g/mol. The lowest BCUT2D eigenvalue weighted by Crippen LogP contribution is -2.48. The topological polar surface area (TPSA) is 93.3 Å². The summed E-state index contributed by atoms with van der Waals surface area (Å²) < 4.78 is 0. The van der Waals surface area contributed by atoms with Gasteiger partial charge < -0.3 is 15.5 Å². The number of fused-ring (bicyclic) bond motifs is 4. The first kappa shape index (κ1) is 18.7. The number of ketones is 1. The Balaban J connectivity index is 1.90. The zero-order valence-electron chi connectivity index (χ0n) is 16.3. The third kappa shape index (κ3) is 2.49. The number of aliphatic hydroxyl groups excluding tert-OH is 2. The average Bonchev–Trinajstić information content (AvgIpc) is 3.10. The minimum atomic E-state index is -0.962. The molecule has 4 rings (SSSR count). The Hall–Kier alpha value is -2.68. The molecule has 28 heavy (non-hydrogen) atoms. The number of Topliss-reactive ketones (excluding diaryl/α,β-unsaturated/α-hetero) is 1. The van der Waals surface area contributed by atoms with Gasteiger partial charge >= 0.3 is 0 Å². The van der Waals surface area contributed by atoms with Gasteiger partial charge in [0.2, 0.25) is 0 Å². The number of anilines is 1. The van der Waals surface area contributed by atoms with Crippen molar-refractivity contribution in [3.63, 3.8) is 0 Å². The second-order valence-electron chi connectivity index (χ2n) is 8.25. The molecule has 2 aromatic rings. The van der Waals surface area contributed by atoms with Gasteiger partial charge in [0.05, 0.1) is 24.2 Å². The maximum Gasteiger partial charge on any atom is 0.172 e. The minimum absolute atomic E-state index is 0.0648. The van der Waals surface area contributed by atoms with Crippen LogP contribution in [0, 0.1) is 11.3 Å². The first-order valence-electron chi connectivity index (χ1n) is 9.64. The molecule has 1 aliphatic carbocycles. The molecule has 1 heterocycles. The third-order valence-electron chi connectivity index (χ3n) is 6.37. The molecule has 0 saturated carbocycles. The van der Waals surface area contributed by atoms with E-state index in [2.05, 4.69) is 25.2 Å². The van der Waals surface area contributed by atoms with Crippen LogP contribution in [0.2, 0.25) is 0 Å². The van der Waals surface area contributed by atoms with Crippen molar-refractivity contribution < 1.29 is 15.0 Å². The Morgan fingerprint density at radius 3 is 2.68 bits per heavy atom. The van der Waals surface area contributed by atoms with Crippen molar-refractivity contribution in [3.8, 4) is 6.07 Å². The van der Waals surface area contributed by atoms with Crippen molar-refractivity contribution in [1.82, 2.24) is 0 Å². The molecule has 2 unspecified atom stereocenters. The molecule has 0 fully saturated rings. The zero-order valence-corrected chi connectivity index (χ0v) is 16.3. The predicted octanol–water partition coefficient (Wildman–Crippen LogP) is 3.20. The van der Waals surface area contributed by atoms with E-state index in [1.54, 1.807) is 12.1 Å². The quantitative estimate of drug-likeness (QED) is 0.765. The molecular formula is C23H24N2O3. The highest BCUT2D eigenvalue weighted by Gasteiger charge is 2.51. The summed E-state index contributed by atoms with van der Waals surface area (Å²) in [5.74, 6) is -0.237. The number of nitrogens with zero attached hydrogens (tertiary/aromatic N) is 1. The smallest absolute Gasteiger partial charge is 0.172 e. The monoisotopic (exact) mass is 376 g/mol. The molecule has 5 heteroatoms. The molecule has 0 aromatic heterocycles. The van der Waals surface area contributed by atoms with Crippen LogP contribution in [0.4, 0.5) is 5.69 Å². The molecule has 144 valence electrons. The predicted molar refractivity (Wildman–Crippen MR) is 107 cm³/mol. The summed E-state index contributed by atoms with van der Waals surface area (Å²) in [5.41, 5.74) is 5.11. The van der Waals surface area contributed by atoms with Crippen LogP contribution in [0.1, 0.15) is 71.0 Å². The number of rotatable bonds is 3. The van der Waals surface area contributed by atoms with Crippen molar-refractivity contribution in [1.29, 1.82) is 5.26 Å². The largest absolute Gasteiger partial charge is 0.393 e.